The van der Waals surface area contributed by atoms with Crippen molar-refractivity contribution in [1.82, 2.24) is 4.98 Å². The quantitative estimate of drug-likeness (QED) is 0.543. The molecule has 0 aromatic carbocycles. The summed E-state index contributed by atoms with van der Waals surface area (Å²) in [5, 5.41) is 17.7. The van der Waals surface area contributed by atoms with Gasteiger partial charge in [-0.25, -0.2) is 4.98 Å². The number of nitrogens with zero attached hydrogens (tertiary/aromatic N) is 1. The van der Waals surface area contributed by atoms with E-state index in [9.17, 15) is 0 Å². The second-order valence-electron chi connectivity index (χ2n) is 1.73. The molecular formula is C5H3NO3. The Labute approximate surface area is 49.7 Å². The molecule has 2 rings (SSSR count). The maximum Gasteiger partial charge on any atom is 0.266 e. The molecule has 9 heavy (non-hydrogen) atoms. The van der Waals surface area contributed by atoms with Crippen molar-refractivity contribution in [2.24, 2.45) is 0 Å². The molecular weight excluding hydrogens is 122 g/mol. The summed E-state index contributed by atoms with van der Waals surface area (Å²) in [7, 11) is 0. The molecule has 46 valence electrons. The zero-order chi connectivity index (χ0) is 6.43. The van der Waals surface area contributed by atoms with Gasteiger partial charge >= 0.3 is 0 Å². The van der Waals surface area contributed by atoms with Crippen molar-refractivity contribution in [3.63, 3.8) is 0 Å². The number of hydrogen-bond donors (Lipinski definition) is 2. The van der Waals surface area contributed by atoms with Crippen LogP contribution in [0.4, 0.5) is 0 Å². The van der Waals surface area contributed by atoms with Gasteiger partial charge in [0.05, 0.1) is 6.20 Å². The van der Waals surface area contributed by atoms with Crippen LogP contribution in [0.25, 0.3) is 11.3 Å². The van der Waals surface area contributed by atoms with Crippen molar-refractivity contribution >= 4 is 11.3 Å². The summed E-state index contributed by atoms with van der Waals surface area (Å²) in [6, 6.07) is 0. The fraction of sp³-hybridized carbons (Fsp3) is 0. The number of aromatic nitrogens is 1. The van der Waals surface area contributed by atoms with E-state index in [2.05, 4.69) is 4.98 Å². The molecule has 2 N–H and O–H groups in total. The van der Waals surface area contributed by atoms with E-state index in [4.69, 9.17) is 14.6 Å². The summed E-state index contributed by atoms with van der Waals surface area (Å²) < 4.78 is 4.73. The van der Waals surface area contributed by atoms with Gasteiger partial charge in [-0.05, 0) is 0 Å². The maximum absolute atomic E-state index is 8.84. The van der Waals surface area contributed by atoms with Gasteiger partial charge in [0.1, 0.15) is 0 Å². The zero-order valence-corrected chi connectivity index (χ0v) is 4.33. The van der Waals surface area contributed by atoms with Gasteiger partial charge < -0.3 is 14.6 Å². The molecule has 4 heteroatoms. The summed E-state index contributed by atoms with van der Waals surface area (Å²) in [5.74, 6) is -0.493. The number of oxazole rings is 1. The Morgan fingerprint density at radius 3 is 2.44 bits per heavy atom. The van der Waals surface area contributed by atoms with Crippen LogP contribution in [0.2, 0.25) is 0 Å². The zero-order valence-electron chi connectivity index (χ0n) is 4.33. The number of hydrogen-bond acceptors (Lipinski definition) is 4. The Kier molecular flexibility index (Phi) is 0.541. The molecule has 0 atom stereocenters. The van der Waals surface area contributed by atoms with E-state index >= 15 is 0 Å². The molecule has 0 spiro atoms. The van der Waals surface area contributed by atoms with Crippen LogP contribution in [0.15, 0.2) is 10.6 Å². The van der Waals surface area contributed by atoms with E-state index in [0.717, 1.165) is 0 Å². The molecule has 0 saturated heterocycles. The van der Waals surface area contributed by atoms with Crippen molar-refractivity contribution < 1.29 is 14.6 Å². The van der Waals surface area contributed by atoms with Crippen LogP contribution in [0, 0.1) is 0 Å². The van der Waals surface area contributed by atoms with Gasteiger partial charge in [0.2, 0.25) is 11.5 Å². The number of furan rings is 1. The summed E-state index contributed by atoms with van der Waals surface area (Å²) in [6.45, 7) is 0. The van der Waals surface area contributed by atoms with Crippen LogP contribution >= 0.6 is 0 Å². The molecule has 4 nitrogen and oxygen atoms in total. The highest BCUT2D eigenvalue weighted by atomic mass is 16.4. The SMILES string of the molecule is Oc1c(O)c2ncc1o2. The van der Waals surface area contributed by atoms with Gasteiger partial charge in [0.25, 0.3) is 5.71 Å². The van der Waals surface area contributed by atoms with E-state index in [-0.39, 0.29) is 22.8 Å². The second kappa shape index (κ2) is 1.10. The van der Waals surface area contributed by atoms with Crippen LogP contribution < -0.4 is 0 Å². The van der Waals surface area contributed by atoms with E-state index in [1.54, 1.807) is 0 Å². The highest BCUT2D eigenvalue weighted by Crippen LogP contribution is 2.37. The Bertz CT molecular complexity index is 296. The Morgan fingerprint density at radius 1 is 1.33 bits per heavy atom. The van der Waals surface area contributed by atoms with Crippen molar-refractivity contribution in [3.8, 4) is 11.5 Å². The molecule has 2 aromatic rings. The van der Waals surface area contributed by atoms with Crippen molar-refractivity contribution in [1.29, 1.82) is 0 Å². The summed E-state index contributed by atoms with van der Waals surface area (Å²) >= 11 is 0. The number of aromatic hydroxyl groups is 2. The van der Waals surface area contributed by atoms with E-state index in [1.807, 2.05) is 0 Å². The molecule has 0 aliphatic carbocycles. The average Bonchev–Trinajstić information content (AvgIpc) is 2.37. The van der Waals surface area contributed by atoms with Crippen LogP contribution in [0.3, 0.4) is 0 Å². The van der Waals surface area contributed by atoms with Crippen LogP contribution in [-0.4, -0.2) is 15.2 Å². The molecule has 0 fully saturated rings. The van der Waals surface area contributed by atoms with Crippen molar-refractivity contribution in [2.75, 3.05) is 0 Å². The number of fused-ring (bicyclic) bond motifs is 2. The predicted octanol–water partition coefficient (Wildman–Crippen LogP) is 0.677. The first-order valence-electron chi connectivity index (χ1n) is 2.38. The third-order valence-electron chi connectivity index (χ3n) is 1.17. The Hall–Kier alpha value is -1.45. The van der Waals surface area contributed by atoms with Crippen LogP contribution in [-0.2, 0) is 0 Å². The lowest BCUT2D eigenvalue weighted by Gasteiger charge is -1.84. The fourth-order valence-corrected chi connectivity index (χ4v) is 0.711. The monoisotopic (exact) mass is 125 g/mol. The predicted molar refractivity (Wildman–Crippen MR) is 28.5 cm³/mol. The largest absolute Gasteiger partial charge is 0.502 e. The molecule has 0 unspecified atom stereocenters. The topological polar surface area (TPSA) is 66.5 Å². The first-order valence-corrected chi connectivity index (χ1v) is 2.38. The van der Waals surface area contributed by atoms with Crippen molar-refractivity contribution in [3.05, 3.63) is 6.20 Å². The summed E-state index contributed by atoms with van der Waals surface area (Å²) in [6.07, 6.45) is 1.35. The Balaban J connectivity index is 2.99. The summed E-state index contributed by atoms with van der Waals surface area (Å²) in [5.41, 5.74) is 0.310. The standard InChI is InChI=1S/C5H3NO3/c7-3-2-1-6-5(9-2)4(3)8/h1,8H,(H,6,7). The van der Waals surface area contributed by atoms with Gasteiger partial charge in [0, 0.05) is 0 Å². The van der Waals surface area contributed by atoms with Gasteiger partial charge in [0.15, 0.2) is 5.58 Å². The minimum absolute atomic E-state index is 0.0856. The minimum atomic E-state index is -0.271. The molecule has 0 aliphatic rings. The molecule has 0 amide bonds. The molecule has 0 aliphatic heterocycles. The average molecular weight is 125 g/mol. The highest BCUT2D eigenvalue weighted by molar-refractivity contribution is 5.74. The molecule has 2 aromatic heterocycles. The Morgan fingerprint density at radius 2 is 2.11 bits per heavy atom. The lowest BCUT2D eigenvalue weighted by Crippen LogP contribution is -1.65. The second-order valence-corrected chi connectivity index (χ2v) is 1.73. The molecule has 2 bridgehead atoms. The number of rotatable bonds is 0. The first-order chi connectivity index (χ1) is 4.29. The maximum atomic E-state index is 8.84. The molecule has 0 radical (unpaired) electrons. The smallest absolute Gasteiger partial charge is 0.266 e. The molecule has 2 heterocycles. The first kappa shape index (κ1) is 4.43. The normalized spacial score (nSPS) is 11.1. The lowest BCUT2D eigenvalue weighted by molar-refractivity contribution is 0.412. The van der Waals surface area contributed by atoms with E-state index in [0.29, 0.717) is 0 Å². The third kappa shape index (κ3) is 0.355. The third-order valence-corrected chi connectivity index (χ3v) is 1.17. The van der Waals surface area contributed by atoms with Gasteiger partial charge in [-0.15, -0.1) is 0 Å². The summed E-state index contributed by atoms with van der Waals surface area (Å²) in [4.78, 5) is 3.60. The van der Waals surface area contributed by atoms with Gasteiger partial charge in [-0.2, -0.15) is 0 Å². The fourth-order valence-electron chi connectivity index (χ4n) is 0.711. The van der Waals surface area contributed by atoms with Crippen LogP contribution in [0.5, 0.6) is 11.5 Å². The van der Waals surface area contributed by atoms with Gasteiger partial charge in [-0.3, -0.25) is 0 Å². The number of pyridine rings is 1. The van der Waals surface area contributed by atoms with Gasteiger partial charge in [-0.1, -0.05) is 0 Å². The van der Waals surface area contributed by atoms with Crippen LogP contribution in [0.1, 0.15) is 0 Å². The lowest BCUT2D eigenvalue weighted by atomic mass is 10.4. The van der Waals surface area contributed by atoms with E-state index in [1.165, 1.54) is 6.20 Å². The van der Waals surface area contributed by atoms with E-state index < -0.39 is 0 Å². The highest BCUT2D eigenvalue weighted by Gasteiger charge is 2.15. The van der Waals surface area contributed by atoms with Crippen molar-refractivity contribution in [2.45, 2.75) is 0 Å². The molecule has 0 saturated carbocycles. The minimum Gasteiger partial charge on any atom is -0.502 e.